The second-order valence-corrected chi connectivity index (χ2v) is 13.3. The van der Waals surface area contributed by atoms with Gasteiger partial charge in [-0.15, -0.1) is 0 Å². The maximum Gasteiger partial charge on any atom is 0.261 e. The molecule has 2 aromatic rings. The Hall–Kier alpha value is -3.21. The van der Waals surface area contributed by atoms with Gasteiger partial charge in [0.15, 0.2) is 5.75 Å². The average Bonchev–Trinajstić information content (AvgIpc) is 3.57. The summed E-state index contributed by atoms with van der Waals surface area (Å²) in [6.45, 7) is 11.8. The quantitative estimate of drug-likeness (QED) is 0.478. The Labute approximate surface area is 257 Å². The largest absolute Gasteiger partial charge is 0.489 e. The lowest BCUT2D eigenvalue weighted by atomic mass is 9.98. The smallest absolute Gasteiger partial charge is 0.261 e. The Bertz CT molecular complexity index is 1450. The van der Waals surface area contributed by atoms with E-state index < -0.39 is 5.82 Å². The molecule has 5 heterocycles. The monoisotopic (exact) mass is 610 g/mol. The molecule has 0 bridgehead atoms. The van der Waals surface area contributed by atoms with Gasteiger partial charge in [0.1, 0.15) is 28.8 Å². The van der Waals surface area contributed by atoms with Gasteiger partial charge in [-0.3, -0.25) is 14.5 Å². The van der Waals surface area contributed by atoms with Gasteiger partial charge in [-0.2, -0.15) is 0 Å². The lowest BCUT2D eigenvalue weighted by Crippen LogP contribution is -2.57. The van der Waals surface area contributed by atoms with Crippen LogP contribution in [0.2, 0.25) is 5.02 Å². The van der Waals surface area contributed by atoms with E-state index in [1.54, 1.807) is 28.0 Å². The molecule has 3 atom stereocenters. The number of amides is 2. The molecule has 0 spiro atoms. The van der Waals surface area contributed by atoms with Crippen molar-refractivity contribution in [1.82, 2.24) is 24.6 Å². The van der Waals surface area contributed by atoms with Crippen LogP contribution < -0.4 is 9.64 Å². The minimum Gasteiger partial charge on any atom is -0.489 e. The van der Waals surface area contributed by atoms with Crippen LogP contribution in [0, 0.1) is 5.82 Å². The highest BCUT2D eigenvalue weighted by Crippen LogP contribution is 2.47. The number of halogens is 2. The van der Waals surface area contributed by atoms with E-state index in [0.29, 0.717) is 43.6 Å². The first-order valence-electron chi connectivity index (χ1n) is 15.0. The van der Waals surface area contributed by atoms with Crippen LogP contribution in [0.25, 0.3) is 11.3 Å². The number of fused-ring (bicyclic) bond motifs is 2. The maximum atomic E-state index is 15.2. The molecule has 3 fully saturated rings. The number of piperazine rings is 1. The third-order valence-corrected chi connectivity index (χ3v) is 9.98. The number of carbonyl (C=O) groups is 2. The summed E-state index contributed by atoms with van der Waals surface area (Å²) in [7, 11) is 4.25. The average molecular weight is 611 g/mol. The van der Waals surface area contributed by atoms with Gasteiger partial charge in [0, 0.05) is 62.5 Å². The summed E-state index contributed by atoms with van der Waals surface area (Å²) in [6.07, 6.45) is 3.29. The van der Waals surface area contributed by atoms with Gasteiger partial charge in [0.05, 0.1) is 11.7 Å². The van der Waals surface area contributed by atoms with Gasteiger partial charge in [-0.25, -0.2) is 9.37 Å². The highest BCUT2D eigenvalue weighted by molar-refractivity contribution is 6.35. The molecule has 4 aliphatic heterocycles. The Kier molecular flexibility index (Phi) is 7.89. The standard InChI is InChI=1S/C32H40ClFN6O3/c1-6-25(41)38-13-14-39-22(17-38)19-43-29-26(31(39)42)30(35-28(27(29)33)23-9-7-8-10-24(23)34)40-18-21(15-32(40,2)3)37-12-11-20(16-37)36(4)5/h6-10,20-22H,1,11-19H2,2-5H3. The van der Waals surface area contributed by atoms with Crippen LogP contribution in [0.5, 0.6) is 5.75 Å². The molecule has 3 unspecified atom stereocenters. The fourth-order valence-corrected chi connectivity index (χ4v) is 7.44. The molecule has 1 aromatic heterocycles. The van der Waals surface area contributed by atoms with Gasteiger partial charge in [-0.05, 0) is 59.0 Å². The van der Waals surface area contributed by atoms with E-state index in [0.717, 1.165) is 25.9 Å². The maximum absolute atomic E-state index is 15.2. The van der Waals surface area contributed by atoms with Crippen molar-refractivity contribution in [3.05, 3.63) is 53.3 Å². The van der Waals surface area contributed by atoms with Gasteiger partial charge in [-0.1, -0.05) is 30.3 Å². The predicted molar refractivity (Wildman–Crippen MR) is 165 cm³/mol. The second kappa shape index (κ2) is 11.4. The number of likely N-dealkylation sites (tertiary alicyclic amines) is 1. The highest BCUT2D eigenvalue weighted by atomic mass is 35.5. The van der Waals surface area contributed by atoms with Crippen LogP contribution in [0.3, 0.4) is 0 Å². The molecule has 230 valence electrons. The van der Waals surface area contributed by atoms with Gasteiger partial charge in [0.25, 0.3) is 5.91 Å². The number of anilines is 1. The zero-order valence-electron chi connectivity index (χ0n) is 25.4. The van der Waals surface area contributed by atoms with Crippen molar-refractivity contribution in [1.29, 1.82) is 0 Å². The van der Waals surface area contributed by atoms with Crippen LogP contribution in [-0.2, 0) is 4.79 Å². The molecule has 4 aliphatic rings. The summed E-state index contributed by atoms with van der Waals surface area (Å²) in [5, 5.41) is 0.109. The Morgan fingerprint density at radius 1 is 1.16 bits per heavy atom. The van der Waals surface area contributed by atoms with E-state index in [2.05, 4.69) is 49.2 Å². The van der Waals surface area contributed by atoms with Gasteiger partial charge in [0.2, 0.25) is 5.91 Å². The summed E-state index contributed by atoms with van der Waals surface area (Å²) in [5.41, 5.74) is 0.456. The molecular formula is C32H40ClFN6O3. The number of likely N-dealkylation sites (N-methyl/N-ethyl adjacent to an activating group) is 1. The molecule has 0 saturated carbocycles. The molecule has 6 rings (SSSR count). The number of benzene rings is 1. The minimum atomic E-state index is -0.455. The second-order valence-electron chi connectivity index (χ2n) is 12.9. The van der Waals surface area contributed by atoms with E-state index in [4.69, 9.17) is 21.3 Å². The Morgan fingerprint density at radius 2 is 1.93 bits per heavy atom. The predicted octanol–water partition coefficient (Wildman–Crippen LogP) is 3.77. The number of rotatable bonds is 5. The van der Waals surface area contributed by atoms with Crippen molar-refractivity contribution < 1.29 is 18.7 Å². The van der Waals surface area contributed by atoms with Crippen LogP contribution in [0.4, 0.5) is 10.2 Å². The van der Waals surface area contributed by atoms with Crippen LogP contribution in [0.15, 0.2) is 36.9 Å². The van der Waals surface area contributed by atoms with Crippen LogP contribution in [0.1, 0.15) is 37.0 Å². The Balaban J connectivity index is 1.44. The number of hydrogen-bond donors (Lipinski definition) is 0. The topological polar surface area (TPSA) is 72.5 Å². The molecule has 2 amide bonds. The number of pyridine rings is 1. The lowest BCUT2D eigenvalue weighted by Gasteiger charge is -2.40. The molecule has 11 heteroatoms. The number of carbonyl (C=O) groups excluding carboxylic acids is 2. The zero-order chi connectivity index (χ0) is 30.6. The first-order chi connectivity index (χ1) is 20.5. The van der Waals surface area contributed by atoms with Crippen LogP contribution in [-0.4, -0.2) is 120 Å². The number of nitrogens with zero attached hydrogens (tertiary/aromatic N) is 6. The lowest BCUT2D eigenvalue weighted by molar-refractivity contribution is -0.128. The van der Waals surface area contributed by atoms with Gasteiger partial charge >= 0.3 is 0 Å². The summed E-state index contributed by atoms with van der Waals surface area (Å²) in [4.78, 5) is 42.3. The molecule has 3 saturated heterocycles. The third-order valence-electron chi connectivity index (χ3n) is 9.62. The summed E-state index contributed by atoms with van der Waals surface area (Å²) < 4.78 is 21.5. The molecular weight excluding hydrogens is 571 g/mol. The molecule has 1 aromatic carbocycles. The summed E-state index contributed by atoms with van der Waals surface area (Å²) >= 11 is 6.96. The van der Waals surface area contributed by atoms with Crippen molar-refractivity contribution >= 4 is 29.2 Å². The van der Waals surface area contributed by atoms with Crippen molar-refractivity contribution in [2.75, 3.05) is 64.9 Å². The summed E-state index contributed by atoms with van der Waals surface area (Å²) in [5.74, 6) is -0.188. The highest BCUT2D eigenvalue weighted by Gasteiger charge is 2.47. The van der Waals surface area contributed by atoms with Crippen LogP contribution >= 0.6 is 11.6 Å². The fourth-order valence-electron chi connectivity index (χ4n) is 7.15. The fraction of sp³-hybridized carbons (Fsp3) is 0.531. The zero-order valence-corrected chi connectivity index (χ0v) is 26.1. The number of aromatic nitrogens is 1. The third kappa shape index (κ3) is 5.27. The van der Waals surface area contributed by atoms with Crippen molar-refractivity contribution in [3.63, 3.8) is 0 Å². The van der Waals surface area contributed by atoms with Gasteiger partial charge < -0.3 is 24.3 Å². The van der Waals surface area contributed by atoms with E-state index in [9.17, 15) is 9.59 Å². The molecule has 0 radical (unpaired) electrons. The number of ether oxygens (including phenoxy) is 1. The van der Waals surface area contributed by atoms with E-state index >= 15 is 4.39 Å². The normalized spacial score (nSPS) is 25.4. The molecule has 43 heavy (non-hydrogen) atoms. The van der Waals surface area contributed by atoms with E-state index in [-0.39, 0.29) is 58.1 Å². The first-order valence-corrected chi connectivity index (χ1v) is 15.4. The van der Waals surface area contributed by atoms with Crippen molar-refractivity contribution in [3.8, 4) is 17.0 Å². The SMILES string of the molecule is C=CC(=O)N1CCN2C(=O)c3c(N4CC(N5CCC(N(C)C)C5)CC4(C)C)nc(-c4ccccc4F)c(Cl)c3OCC2C1. The molecule has 0 aliphatic carbocycles. The minimum absolute atomic E-state index is 0.109. The van der Waals surface area contributed by atoms with Crippen molar-refractivity contribution in [2.24, 2.45) is 0 Å². The first kappa shape index (κ1) is 29.8. The van der Waals surface area contributed by atoms with E-state index in [1.807, 2.05) is 0 Å². The molecule has 0 N–H and O–H groups in total. The summed E-state index contributed by atoms with van der Waals surface area (Å²) in [6, 6.07) is 6.79. The Morgan fingerprint density at radius 3 is 2.63 bits per heavy atom. The van der Waals surface area contributed by atoms with Crippen molar-refractivity contribution in [2.45, 2.75) is 50.4 Å². The molecule has 9 nitrogen and oxygen atoms in total. The number of hydrogen-bond acceptors (Lipinski definition) is 7. The van der Waals surface area contributed by atoms with E-state index in [1.165, 1.54) is 12.1 Å².